The molecule has 0 radical (unpaired) electrons. The van der Waals surface area contributed by atoms with Gasteiger partial charge in [-0.2, -0.15) is 5.26 Å². The third kappa shape index (κ3) is 2.65. The van der Waals surface area contributed by atoms with E-state index in [4.69, 9.17) is 5.73 Å². The van der Waals surface area contributed by atoms with Crippen molar-refractivity contribution in [1.29, 1.82) is 5.26 Å². The molecule has 1 aromatic heterocycles. The van der Waals surface area contributed by atoms with Crippen molar-refractivity contribution in [3.63, 3.8) is 0 Å². The monoisotopic (exact) mass is 326 g/mol. The number of benzene rings is 2. The van der Waals surface area contributed by atoms with Gasteiger partial charge >= 0.3 is 0 Å². The number of aromatic nitrogens is 2. The average molecular weight is 326 g/mol. The number of nitrogens with zero attached hydrogens (tertiary/aromatic N) is 3. The highest BCUT2D eigenvalue weighted by Crippen LogP contribution is 2.33. The zero-order valence-electron chi connectivity index (χ0n) is 12.1. The highest BCUT2D eigenvalue weighted by molar-refractivity contribution is 5.78. The van der Waals surface area contributed by atoms with E-state index >= 15 is 0 Å². The Kier molecular flexibility index (Phi) is 3.88. The summed E-state index contributed by atoms with van der Waals surface area (Å²) in [4.78, 5) is 7.80. The summed E-state index contributed by atoms with van der Waals surface area (Å²) in [5, 5.41) is 9.46. The van der Waals surface area contributed by atoms with E-state index in [9.17, 15) is 18.4 Å². The average Bonchev–Trinajstić information content (AvgIpc) is 2.54. The molecule has 0 saturated heterocycles. The predicted octanol–water partition coefficient (Wildman–Crippen LogP) is 3.68. The summed E-state index contributed by atoms with van der Waals surface area (Å²) >= 11 is 0. The zero-order valence-corrected chi connectivity index (χ0v) is 12.1. The van der Waals surface area contributed by atoms with E-state index in [1.165, 1.54) is 0 Å². The first kappa shape index (κ1) is 15.5. The fourth-order valence-electron chi connectivity index (χ4n) is 2.34. The molecule has 0 aliphatic heterocycles. The largest absolute Gasteiger partial charge is 0.368 e. The molecule has 3 rings (SSSR count). The minimum absolute atomic E-state index is 0.142. The van der Waals surface area contributed by atoms with Gasteiger partial charge in [-0.05, 0) is 0 Å². The van der Waals surface area contributed by atoms with Crippen LogP contribution in [0.2, 0.25) is 0 Å². The number of nitriles is 1. The maximum atomic E-state index is 14.1. The maximum absolute atomic E-state index is 14.1. The van der Waals surface area contributed by atoms with E-state index < -0.39 is 23.0 Å². The van der Waals surface area contributed by atoms with E-state index in [0.29, 0.717) is 17.7 Å². The number of nitrogen functional groups attached to an aromatic ring is 1. The van der Waals surface area contributed by atoms with Gasteiger partial charge in [-0.25, -0.2) is 23.1 Å². The van der Waals surface area contributed by atoms with Crippen LogP contribution in [0.3, 0.4) is 0 Å². The third-order valence-electron chi connectivity index (χ3n) is 3.33. The van der Waals surface area contributed by atoms with Crippen molar-refractivity contribution in [3.05, 3.63) is 65.5 Å². The molecule has 0 atom stereocenters. The summed E-state index contributed by atoms with van der Waals surface area (Å²) < 4.78 is 41.3. The molecule has 118 valence electrons. The van der Waals surface area contributed by atoms with Crippen LogP contribution < -0.4 is 5.73 Å². The lowest BCUT2D eigenvalue weighted by molar-refractivity contribution is 0.547. The number of hydrogen-bond donors (Lipinski definition) is 1. The molecule has 0 fully saturated rings. The smallest absolute Gasteiger partial charge is 0.221 e. The van der Waals surface area contributed by atoms with Crippen LogP contribution in [0.4, 0.5) is 19.1 Å². The highest BCUT2D eigenvalue weighted by atomic mass is 19.1. The molecule has 3 aromatic rings. The van der Waals surface area contributed by atoms with Crippen LogP contribution in [0.15, 0.2) is 42.5 Å². The summed E-state index contributed by atoms with van der Waals surface area (Å²) in [5.41, 5.74) is 5.21. The normalized spacial score (nSPS) is 10.4. The van der Waals surface area contributed by atoms with Gasteiger partial charge in [0.2, 0.25) is 5.95 Å². The Morgan fingerprint density at radius 1 is 0.917 bits per heavy atom. The van der Waals surface area contributed by atoms with Crippen LogP contribution in [0.5, 0.6) is 0 Å². The summed E-state index contributed by atoms with van der Waals surface area (Å²) in [5.74, 6) is -3.69. The highest BCUT2D eigenvalue weighted by Gasteiger charge is 2.22. The van der Waals surface area contributed by atoms with Crippen molar-refractivity contribution >= 4 is 5.95 Å². The standard InChI is InChI=1S/C17H9F3N4/c18-10-6-12(19)14(13(20)7-10)16-11(8-21)15(23-17(22)24-16)9-4-2-1-3-5-9/h1-7H,(H2,22,23,24). The third-order valence-corrected chi connectivity index (χ3v) is 3.33. The molecule has 4 nitrogen and oxygen atoms in total. The van der Waals surface area contributed by atoms with Crippen molar-refractivity contribution in [1.82, 2.24) is 9.97 Å². The number of rotatable bonds is 2. The number of hydrogen-bond acceptors (Lipinski definition) is 4. The van der Waals surface area contributed by atoms with Crippen LogP contribution in [-0.4, -0.2) is 9.97 Å². The fourth-order valence-corrected chi connectivity index (χ4v) is 2.34. The van der Waals surface area contributed by atoms with Gasteiger partial charge in [0.15, 0.2) is 0 Å². The van der Waals surface area contributed by atoms with Crippen molar-refractivity contribution in [2.45, 2.75) is 0 Å². The first-order chi connectivity index (χ1) is 11.5. The van der Waals surface area contributed by atoms with Gasteiger partial charge < -0.3 is 5.73 Å². The van der Waals surface area contributed by atoms with Crippen LogP contribution in [-0.2, 0) is 0 Å². The molecule has 0 bridgehead atoms. The number of halogens is 3. The summed E-state index contributed by atoms with van der Waals surface area (Å²) in [7, 11) is 0. The van der Waals surface area contributed by atoms with Gasteiger partial charge in [0.25, 0.3) is 0 Å². The van der Waals surface area contributed by atoms with E-state index in [2.05, 4.69) is 9.97 Å². The SMILES string of the molecule is N#Cc1c(-c2ccccc2)nc(N)nc1-c1c(F)cc(F)cc1F. The Labute approximate surface area is 135 Å². The summed E-state index contributed by atoms with van der Waals surface area (Å²) in [6.45, 7) is 0. The molecule has 2 aromatic carbocycles. The van der Waals surface area contributed by atoms with Crippen molar-refractivity contribution in [2.75, 3.05) is 5.73 Å². The van der Waals surface area contributed by atoms with E-state index in [0.717, 1.165) is 0 Å². The van der Waals surface area contributed by atoms with Crippen molar-refractivity contribution in [3.8, 4) is 28.6 Å². The second kappa shape index (κ2) is 6.01. The Morgan fingerprint density at radius 2 is 1.50 bits per heavy atom. The molecule has 0 spiro atoms. The lowest BCUT2D eigenvalue weighted by Gasteiger charge is -2.11. The Hall–Kier alpha value is -3.40. The van der Waals surface area contributed by atoms with Gasteiger partial charge in [-0.15, -0.1) is 0 Å². The zero-order chi connectivity index (χ0) is 17.3. The minimum atomic E-state index is -1.18. The fraction of sp³-hybridized carbons (Fsp3) is 0. The van der Waals surface area contributed by atoms with Gasteiger partial charge in [-0.3, -0.25) is 0 Å². The first-order valence-electron chi connectivity index (χ1n) is 6.79. The van der Waals surface area contributed by atoms with E-state index in [-0.39, 0.29) is 22.9 Å². The molecule has 0 aliphatic carbocycles. The molecule has 0 saturated carbocycles. The molecule has 0 aliphatic rings. The van der Waals surface area contributed by atoms with E-state index in [1.807, 2.05) is 6.07 Å². The number of nitrogens with two attached hydrogens (primary N) is 1. The van der Waals surface area contributed by atoms with Gasteiger partial charge in [0.1, 0.15) is 34.8 Å². The minimum Gasteiger partial charge on any atom is -0.368 e. The molecular weight excluding hydrogens is 317 g/mol. The summed E-state index contributed by atoms with van der Waals surface area (Å²) in [6.07, 6.45) is 0. The second-order valence-corrected chi connectivity index (χ2v) is 4.88. The van der Waals surface area contributed by atoms with Crippen molar-refractivity contribution in [2.24, 2.45) is 0 Å². The Balaban J connectivity index is 2.35. The number of anilines is 1. The van der Waals surface area contributed by atoms with Crippen LogP contribution in [0.25, 0.3) is 22.5 Å². The van der Waals surface area contributed by atoms with Gasteiger partial charge in [0, 0.05) is 17.7 Å². The van der Waals surface area contributed by atoms with Gasteiger partial charge in [0.05, 0.1) is 11.3 Å². The molecule has 0 unspecified atom stereocenters. The molecule has 2 N–H and O–H groups in total. The quantitative estimate of drug-likeness (QED) is 0.779. The lowest BCUT2D eigenvalue weighted by atomic mass is 10.00. The lowest BCUT2D eigenvalue weighted by Crippen LogP contribution is -2.05. The van der Waals surface area contributed by atoms with Crippen LogP contribution in [0, 0.1) is 28.8 Å². The predicted molar refractivity (Wildman–Crippen MR) is 81.9 cm³/mol. The summed E-state index contributed by atoms with van der Waals surface area (Å²) in [6, 6.07) is 11.4. The molecule has 7 heteroatoms. The maximum Gasteiger partial charge on any atom is 0.221 e. The van der Waals surface area contributed by atoms with Crippen molar-refractivity contribution < 1.29 is 13.2 Å². The van der Waals surface area contributed by atoms with Crippen LogP contribution in [0.1, 0.15) is 5.56 Å². The Morgan fingerprint density at radius 3 is 2.08 bits per heavy atom. The second-order valence-electron chi connectivity index (χ2n) is 4.88. The molecular formula is C17H9F3N4. The molecule has 0 amide bonds. The Bertz CT molecular complexity index is 943. The van der Waals surface area contributed by atoms with Crippen LogP contribution >= 0.6 is 0 Å². The van der Waals surface area contributed by atoms with Gasteiger partial charge in [-0.1, -0.05) is 30.3 Å². The van der Waals surface area contributed by atoms with E-state index in [1.54, 1.807) is 30.3 Å². The molecule has 24 heavy (non-hydrogen) atoms. The first-order valence-corrected chi connectivity index (χ1v) is 6.79. The molecule has 1 heterocycles. The topological polar surface area (TPSA) is 75.6 Å².